The lowest BCUT2D eigenvalue weighted by molar-refractivity contribution is 0.185. The molecule has 1 aromatic rings. The fourth-order valence-electron chi connectivity index (χ4n) is 3.46. The summed E-state index contributed by atoms with van der Waals surface area (Å²) in [4.78, 5) is 0. The Morgan fingerprint density at radius 3 is 2.90 bits per heavy atom. The van der Waals surface area contributed by atoms with E-state index in [0.717, 1.165) is 11.8 Å². The van der Waals surface area contributed by atoms with E-state index in [1.54, 1.807) is 7.11 Å². The van der Waals surface area contributed by atoms with Crippen LogP contribution < -0.4 is 5.32 Å². The Bertz CT molecular complexity index is 402. The van der Waals surface area contributed by atoms with Crippen molar-refractivity contribution in [3.8, 4) is 0 Å². The molecule has 2 unspecified atom stereocenters. The van der Waals surface area contributed by atoms with Gasteiger partial charge < -0.3 is 10.1 Å². The van der Waals surface area contributed by atoms with E-state index in [9.17, 15) is 0 Å². The maximum Gasteiger partial charge on any atom is 0.0713 e. The maximum atomic E-state index is 5.21. The number of ether oxygens (including phenoxy) is 1. The highest BCUT2D eigenvalue weighted by Crippen LogP contribution is 2.31. The van der Waals surface area contributed by atoms with Crippen molar-refractivity contribution in [3.63, 3.8) is 0 Å². The van der Waals surface area contributed by atoms with Crippen LogP contribution >= 0.6 is 0 Å². The second-order valence-electron chi connectivity index (χ2n) is 6.64. The Labute approximate surface area is 123 Å². The predicted molar refractivity (Wildman–Crippen MR) is 86.0 cm³/mol. The molecule has 0 heterocycles. The summed E-state index contributed by atoms with van der Waals surface area (Å²) in [5, 5.41) is 3.73. The third-order valence-corrected chi connectivity index (χ3v) is 4.20. The smallest absolute Gasteiger partial charge is 0.0713 e. The van der Waals surface area contributed by atoms with Crippen molar-refractivity contribution in [2.75, 3.05) is 12.4 Å². The minimum Gasteiger partial charge on any atom is -0.382 e. The van der Waals surface area contributed by atoms with E-state index in [-0.39, 0.29) is 0 Å². The van der Waals surface area contributed by atoms with Crippen LogP contribution in [0.5, 0.6) is 0 Å². The average molecular weight is 275 g/mol. The van der Waals surface area contributed by atoms with E-state index in [1.807, 2.05) is 0 Å². The molecule has 2 rings (SSSR count). The number of hydrogen-bond donors (Lipinski definition) is 1. The van der Waals surface area contributed by atoms with Crippen LogP contribution in [-0.4, -0.2) is 13.2 Å². The number of anilines is 1. The number of benzene rings is 1. The SMILES string of the molecule is COCc1cccc(NC2CCCC(CC(C)C)C2)c1. The van der Waals surface area contributed by atoms with Gasteiger partial charge in [0.05, 0.1) is 6.61 Å². The standard InChI is InChI=1S/C18H29NO/c1-14(2)10-15-6-4-8-17(11-15)19-18-9-5-7-16(12-18)13-20-3/h5,7,9,12,14-15,17,19H,4,6,8,10-11,13H2,1-3H3. The van der Waals surface area contributed by atoms with Crippen molar-refractivity contribution in [1.82, 2.24) is 0 Å². The second kappa shape index (κ2) is 7.68. The number of methoxy groups -OCH3 is 1. The number of nitrogens with one attached hydrogen (secondary N) is 1. The zero-order valence-electron chi connectivity index (χ0n) is 13.2. The average Bonchev–Trinajstić information content (AvgIpc) is 2.39. The molecular formula is C18H29NO. The molecule has 20 heavy (non-hydrogen) atoms. The van der Waals surface area contributed by atoms with Gasteiger partial charge in [-0.3, -0.25) is 0 Å². The van der Waals surface area contributed by atoms with Gasteiger partial charge in [0.1, 0.15) is 0 Å². The first-order valence-corrected chi connectivity index (χ1v) is 8.01. The Morgan fingerprint density at radius 2 is 2.15 bits per heavy atom. The van der Waals surface area contributed by atoms with Crippen molar-refractivity contribution in [1.29, 1.82) is 0 Å². The van der Waals surface area contributed by atoms with Gasteiger partial charge in [-0.1, -0.05) is 38.8 Å². The molecular weight excluding hydrogens is 246 g/mol. The first kappa shape index (κ1) is 15.4. The van der Waals surface area contributed by atoms with Crippen molar-refractivity contribution in [2.45, 2.75) is 58.6 Å². The first-order valence-electron chi connectivity index (χ1n) is 8.01. The second-order valence-corrected chi connectivity index (χ2v) is 6.64. The monoisotopic (exact) mass is 275 g/mol. The van der Waals surface area contributed by atoms with Crippen LogP contribution in [-0.2, 0) is 11.3 Å². The third-order valence-electron chi connectivity index (χ3n) is 4.20. The molecule has 1 fully saturated rings. The predicted octanol–water partition coefficient (Wildman–Crippen LogP) is 4.85. The van der Waals surface area contributed by atoms with Crippen LogP contribution in [0.15, 0.2) is 24.3 Å². The summed E-state index contributed by atoms with van der Waals surface area (Å²) in [6.07, 6.45) is 6.80. The van der Waals surface area contributed by atoms with Crippen molar-refractivity contribution in [3.05, 3.63) is 29.8 Å². The molecule has 2 nitrogen and oxygen atoms in total. The molecule has 1 N–H and O–H groups in total. The zero-order chi connectivity index (χ0) is 14.4. The Kier molecular flexibility index (Phi) is 5.90. The fourth-order valence-corrected chi connectivity index (χ4v) is 3.46. The third kappa shape index (κ3) is 4.82. The van der Waals surface area contributed by atoms with Crippen LogP contribution in [0, 0.1) is 11.8 Å². The van der Waals surface area contributed by atoms with E-state index in [1.165, 1.54) is 43.4 Å². The lowest BCUT2D eigenvalue weighted by Crippen LogP contribution is -2.28. The van der Waals surface area contributed by atoms with Crippen LogP contribution in [0.3, 0.4) is 0 Å². The van der Waals surface area contributed by atoms with E-state index < -0.39 is 0 Å². The summed E-state index contributed by atoms with van der Waals surface area (Å²) in [5.74, 6) is 1.73. The van der Waals surface area contributed by atoms with Gasteiger partial charge in [0.15, 0.2) is 0 Å². The van der Waals surface area contributed by atoms with Gasteiger partial charge in [0, 0.05) is 18.8 Å². The summed E-state index contributed by atoms with van der Waals surface area (Å²) in [7, 11) is 1.75. The van der Waals surface area contributed by atoms with E-state index in [0.29, 0.717) is 12.6 Å². The molecule has 2 heteroatoms. The van der Waals surface area contributed by atoms with E-state index in [2.05, 4.69) is 43.4 Å². The van der Waals surface area contributed by atoms with Gasteiger partial charge in [-0.2, -0.15) is 0 Å². The molecule has 0 saturated heterocycles. The van der Waals surface area contributed by atoms with Crippen LogP contribution in [0.4, 0.5) is 5.69 Å². The maximum absolute atomic E-state index is 5.21. The van der Waals surface area contributed by atoms with Crippen LogP contribution in [0.1, 0.15) is 51.5 Å². The molecule has 1 aliphatic carbocycles. The van der Waals surface area contributed by atoms with E-state index >= 15 is 0 Å². The molecule has 2 atom stereocenters. The molecule has 0 bridgehead atoms. The molecule has 0 radical (unpaired) electrons. The van der Waals surface area contributed by atoms with Crippen LogP contribution in [0.2, 0.25) is 0 Å². The highest BCUT2D eigenvalue weighted by atomic mass is 16.5. The van der Waals surface area contributed by atoms with Gasteiger partial charge in [0.25, 0.3) is 0 Å². The molecule has 0 aromatic heterocycles. The van der Waals surface area contributed by atoms with Gasteiger partial charge in [-0.15, -0.1) is 0 Å². The normalized spacial score (nSPS) is 23.0. The Morgan fingerprint density at radius 1 is 1.30 bits per heavy atom. The minimum absolute atomic E-state index is 0.644. The van der Waals surface area contributed by atoms with Crippen molar-refractivity contribution >= 4 is 5.69 Å². The minimum atomic E-state index is 0.644. The summed E-state index contributed by atoms with van der Waals surface area (Å²) >= 11 is 0. The van der Waals surface area contributed by atoms with Gasteiger partial charge in [-0.25, -0.2) is 0 Å². The highest BCUT2D eigenvalue weighted by molar-refractivity contribution is 5.46. The molecule has 0 aliphatic heterocycles. The summed E-state index contributed by atoms with van der Waals surface area (Å²) in [6, 6.07) is 9.27. The van der Waals surface area contributed by atoms with Crippen molar-refractivity contribution < 1.29 is 4.74 Å². The lowest BCUT2D eigenvalue weighted by Gasteiger charge is -2.31. The Balaban J connectivity index is 1.90. The molecule has 1 aromatic carbocycles. The van der Waals surface area contributed by atoms with Gasteiger partial charge >= 0.3 is 0 Å². The van der Waals surface area contributed by atoms with Gasteiger partial charge in [0.2, 0.25) is 0 Å². The molecule has 0 spiro atoms. The lowest BCUT2D eigenvalue weighted by atomic mass is 9.81. The summed E-state index contributed by atoms with van der Waals surface area (Å²) < 4.78 is 5.21. The number of hydrogen-bond acceptors (Lipinski definition) is 2. The first-order chi connectivity index (χ1) is 9.67. The summed E-state index contributed by atoms with van der Waals surface area (Å²) in [6.45, 7) is 5.37. The Hall–Kier alpha value is -1.02. The topological polar surface area (TPSA) is 21.3 Å². The fraction of sp³-hybridized carbons (Fsp3) is 0.667. The summed E-state index contributed by atoms with van der Waals surface area (Å²) in [5.41, 5.74) is 2.49. The molecule has 1 aliphatic rings. The quantitative estimate of drug-likeness (QED) is 0.801. The molecule has 112 valence electrons. The number of rotatable bonds is 6. The molecule has 0 amide bonds. The highest BCUT2D eigenvalue weighted by Gasteiger charge is 2.22. The van der Waals surface area contributed by atoms with Gasteiger partial charge in [-0.05, 0) is 48.8 Å². The van der Waals surface area contributed by atoms with Crippen LogP contribution in [0.25, 0.3) is 0 Å². The largest absolute Gasteiger partial charge is 0.382 e. The molecule has 1 saturated carbocycles. The van der Waals surface area contributed by atoms with E-state index in [4.69, 9.17) is 4.74 Å². The van der Waals surface area contributed by atoms with Crippen molar-refractivity contribution in [2.24, 2.45) is 11.8 Å². The zero-order valence-corrected chi connectivity index (χ0v) is 13.2.